The van der Waals surface area contributed by atoms with Crippen molar-refractivity contribution < 1.29 is 8.42 Å². The van der Waals surface area contributed by atoms with Crippen molar-refractivity contribution in [2.45, 2.75) is 11.4 Å². The molecule has 0 saturated heterocycles. The van der Waals surface area contributed by atoms with Gasteiger partial charge >= 0.3 is 0 Å². The van der Waals surface area contributed by atoms with Gasteiger partial charge in [-0.25, -0.2) is 18.1 Å². The summed E-state index contributed by atoms with van der Waals surface area (Å²) in [5.41, 5.74) is 0.821. The molecule has 2 rings (SSSR count). The summed E-state index contributed by atoms with van der Waals surface area (Å²) in [7, 11) is -2.00. The van der Waals surface area contributed by atoms with Crippen molar-refractivity contribution in [2.24, 2.45) is 0 Å². The van der Waals surface area contributed by atoms with E-state index < -0.39 is 10.0 Å². The molecule has 0 amide bonds. The fraction of sp³-hybridized carbons (Fsp3) is 0.182. The molecule has 8 heteroatoms. The summed E-state index contributed by atoms with van der Waals surface area (Å²) in [6.07, 6.45) is 1.60. The number of halogens is 1. The Bertz CT molecular complexity index is 653. The first-order valence-corrected chi connectivity index (χ1v) is 8.07. The van der Waals surface area contributed by atoms with Crippen molar-refractivity contribution in [3.8, 4) is 0 Å². The van der Waals surface area contributed by atoms with Crippen LogP contribution < -0.4 is 10.0 Å². The summed E-state index contributed by atoms with van der Waals surface area (Å²) in [6, 6.07) is 6.50. The third kappa shape index (κ3) is 3.66. The monoisotopic (exact) mass is 317 g/mol. The topological polar surface area (TPSA) is 71.1 Å². The highest BCUT2D eigenvalue weighted by Gasteiger charge is 2.10. The van der Waals surface area contributed by atoms with Gasteiger partial charge in [-0.3, -0.25) is 0 Å². The maximum Gasteiger partial charge on any atom is 0.240 e. The van der Waals surface area contributed by atoms with E-state index in [1.54, 1.807) is 30.5 Å². The van der Waals surface area contributed by atoms with Gasteiger partial charge in [-0.05, 0) is 31.3 Å². The highest BCUT2D eigenvalue weighted by Crippen LogP contribution is 2.20. The molecule has 1 heterocycles. The first kappa shape index (κ1) is 14.3. The SMILES string of the molecule is CNS(=O)(=O)c1ccc(NCc2ncc(Cl)s2)cc1. The number of nitrogens with zero attached hydrogens (tertiary/aromatic N) is 1. The lowest BCUT2D eigenvalue weighted by atomic mass is 10.3. The first-order chi connectivity index (χ1) is 9.01. The predicted octanol–water partition coefficient (Wildman–Crippen LogP) is 2.32. The fourth-order valence-corrected chi connectivity index (χ4v) is 3.04. The zero-order chi connectivity index (χ0) is 13.9. The lowest BCUT2D eigenvalue weighted by Crippen LogP contribution is -2.18. The van der Waals surface area contributed by atoms with Gasteiger partial charge < -0.3 is 5.32 Å². The Balaban J connectivity index is 2.03. The van der Waals surface area contributed by atoms with Crippen molar-refractivity contribution in [2.75, 3.05) is 12.4 Å². The zero-order valence-electron chi connectivity index (χ0n) is 10.1. The van der Waals surface area contributed by atoms with Crippen LogP contribution in [0.1, 0.15) is 5.01 Å². The van der Waals surface area contributed by atoms with Crippen LogP contribution in [0.25, 0.3) is 0 Å². The number of aromatic nitrogens is 1. The van der Waals surface area contributed by atoms with Crippen molar-refractivity contribution in [1.29, 1.82) is 0 Å². The Morgan fingerprint density at radius 1 is 1.32 bits per heavy atom. The molecule has 102 valence electrons. The van der Waals surface area contributed by atoms with Gasteiger partial charge in [-0.15, -0.1) is 11.3 Å². The molecule has 0 aliphatic carbocycles. The predicted molar refractivity (Wildman–Crippen MR) is 77.1 cm³/mol. The van der Waals surface area contributed by atoms with Gasteiger partial charge in [0.05, 0.1) is 17.6 Å². The number of hydrogen-bond donors (Lipinski definition) is 2. The Morgan fingerprint density at radius 3 is 2.53 bits per heavy atom. The highest BCUT2D eigenvalue weighted by atomic mass is 35.5. The molecule has 0 fully saturated rings. The summed E-state index contributed by atoms with van der Waals surface area (Å²) in [5.74, 6) is 0. The van der Waals surface area contributed by atoms with E-state index in [4.69, 9.17) is 11.6 Å². The van der Waals surface area contributed by atoms with Gasteiger partial charge in [0.2, 0.25) is 10.0 Å². The Morgan fingerprint density at radius 2 is 2.00 bits per heavy atom. The van der Waals surface area contributed by atoms with Gasteiger partial charge in [-0.2, -0.15) is 0 Å². The molecule has 0 radical (unpaired) electrons. The van der Waals surface area contributed by atoms with Gasteiger partial charge in [0.25, 0.3) is 0 Å². The Kier molecular flexibility index (Phi) is 4.41. The minimum atomic E-state index is -3.38. The zero-order valence-corrected chi connectivity index (χ0v) is 12.4. The van der Waals surface area contributed by atoms with E-state index in [0.717, 1.165) is 10.7 Å². The van der Waals surface area contributed by atoms with Crippen LogP contribution in [0.2, 0.25) is 4.34 Å². The maximum atomic E-state index is 11.5. The second-order valence-electron chi connectivity index (χ2n) is 3.64. The molecule has 0 unspecified atom stereocenters. The van der Waals surface area contributed by atoms with Gasteiger partial charge in [-0.1, -0.05) is 11.6 Å². The average molecular weight is 318 g/mol. The van der Waals surface area contributed by atoms with E-state index in [1.165, 1.54) is 18.4 Å². The van der Waals surface area contributed by atoms with E-state index >= 15 is 0 Å². The normalized spacial score (nSPS) is 11.5. The summed E-state index contributed by atoms with van der Waals surface area (Å²) in [5, 5.41) is 4.02. The highest BCUT2D eigenvalue weighted by molar-refractivity contribution is 7.89. The molecule has 19 heavy (non-hydrogen) atoms. The molecule has 2 N–H and O–H groups in total. The molecule has 0 saturated carbocycles. The van der Waals surface area contributed by atoms with Crippen LogP contribution in [0.3, 0.4) is 0 Å². The molecule has 0 bridgehead atoms. The molecule has 1 aromatic carbocycles. The van der Waals surface area contributed by atoms with E-state index in [0.29, 0.717) is 10.9 Å². The van der Waals surface area contributed by atoms with Crippen molar-refractivity contribution in [3.05, 3.63) is 39.8 Å². The summed E-state index contributed by atoms with van der Waals surface area (Å²) in [6.45, 7) is 0.551. The Hall–Kier alpha value is -1.15. The van der Waals surface area contributed by atoms with Gasteiger partial charge in [0.1, 0.15) is 9.34 Å². The maximum absolute atomic E-state index is 11.5. The van der Waals surface area contributed by atoms with Crippen LogP contribution >= 0.6 is 22.9 Å². The lowest BCUT2D eigenvalue weighted by molar-refractivity contribution is 0.588. The van der Waals surface area contributed by atoms with Crippen LogP contribution in [-0.2, 0) is 16.6 Å². The summed E-state index contributed by atoms with van der Waals surface area (Å²) >= 11 is 7.19. The van der Waals surface area contributed by atoms with E-state index in [1.807, 2.05) is 0 Å². The molecule has 0 aliphatic rings. The minimum absolute atomic E-state index is 0.234. The quantitative estimate of drug-likeness (QED) is 0.888. The van der Waals surface area contributed by atoms with Crippen LogP contribution in [0.15, 0.2) is 35.4 Å². The largest absolute Gasteiger partial charge is 0.379 e. The number of thiazole rings is 1. The molecule has 0 aliphatic heterocycles. The fourth-order valence-electron chi connectivity index (χ4n) is 1.42. The Labute approximate surface area is 120 Å². The number of nitrogens with one attached hydrogen (secondary N) is 2. The number of sulfonamides is 1. The van der Waals surface area contributed by atoms with Gasteiger partial charge in [0.15, 0.2) is 0 Å². The van der Waals surface area contributed by atoms with E-state index in [-0.39, 0.29) is 4.90 Å². The second kappa shape index (κ2) is 5.87. The van der Waals surface area contributed by atoms with Crippen LogP contribution in [0.5, 0.6) is 0 Å². The first-order valence-electron chi connectivity index (χ1n) is 5.39. The van der Waals surface area contributed by atoms with E-state index in [2.05, 4.69) is 15.0 Å². The van der Waals surface area contributed by atoms with Gasteiger partial charge in [0, 0.05) is 5.69 Å². The molecule has 0 spiro atoms. The van der Waals surface area contributed by atoms with Crippen LogP contribution in [-0.4, -0.2) is 20.4 Å². The third-order valence-corrected chi connectivity index (χ3v) is 4.95. The third-order valence-electron chi connectivity index (χ3n) is 2.40. The average Bonchev–Trinajstić information content (AvgIpc) is 2.83. The smallest absolute Gasteiger partial charge is 0.240 e. The van der Waals surface area contributed by atoms with Crippen molar-refractivity contribution in [3.63, 3.8) is 0 Å². The van der Waals surface area contributed by atoms with Crippen molar-refractivity contribution in [1.82, 2.24) is 9.71 Å². The van der Waals surface area contributed by atoms with Crippen LogP contribution in [0, 0.1) is 0 Å². The summed E-state index contributed by atoms with van der Waals surface area (Å²) < 4.78 is 26.0. The number of benzene rings is 1. The minimum Gasteiger partial charge on any atom is -0.379 e. The second-order valence-corrected chi connectivity index (χ2v) is 7.28. The molecule has 2 aromatic rings. The number of rotatable bonds is 5. The van der Waals surface area contributed by atoms with E-state index in [9.17, 15) is 8.42 Å². The van der Waals surface area contributed by atoms with Crippen LogP contribution in [0.4, 0.5) is 5.69 Å². The molecule has 0 atom stereocenters. The lowest BCUT2D eigenvalue weighted by Gasteiger charge is -2.06. The molecule has 5 nitrogen and oxygen atoms in total. The molecular weight excluding hydrogens is 306 g/mol. The molecule has 1 aromatic heterocycles. The standard InChI is InChI=1S/C11H12ClN3O2S2/c1-13-19(16,17)9-4-2-8(3-5-9)14-7-11-15-6-10(12)18-11/h2-6,13-14H,7H2,1H3. The molecular formula is C11H12ClN3O2S2. The number of anilines is 1. The van der Waals surface area contributed by atoms with Crippen molar-refractivity contribution >= 4 is 38.6 Å². The summed E-state index contributed by atoms with van der Waals surface area (Å²) in [4.78, 5) is 4.35. The number of hydrogen-bond acceptors (Lipinski definition) is 5.